The fourth-order valence-electron chi connectivity index (χ4n) is 2.07. The number of fused-ring (bicyclic) bond motifs is 1. The minimum absolute atomic E-state index is 0.106. The van der Waals surface area contributed by atoms with Crippen LogP contribution in [-0.4, -0.2) is 31.8 Å². The molecule has 0 radical (unpaired) electrons. The average molecular weight is 277 g/mol. The van der Waals surface area contributed by atoms with E-state index >= 15 is 0 Å². The number of hydrogen-bond acceptors (Lipinski definition) is 4. The zero-order valence-corrected chi connectivity index (χ0v) is 11.2. The van der Waals surface area contributed by atoms with Crippen LogP contribution < -0.4 is 5.32 Å². The molecule has 5 heteroatoms. The van der Waals surface area contributed by atoms with Crippen LogP contribution in [0.15, 0.2) is 29.6 Å². The van der Waals surface area contributed by atoms with Gasteiger partial charge in [-0.15, -0.1) is 11.3 Å². The van der Waals surface area contributed by atoms with Crippen LogP contribution in [0.4, 0.5) is 0 Å². The predicted molar refractivity (Wildman–Crippen MR) is 74.2 cm³/mol. The molecule has 1 aromatic heterocycles. The summed E-state index contributed by atoms with van der Waals surface area (Å²) in [4.78, 5) is 11.9. The minimum Gasteiger partial charge on any atom is -0.376 e. The van der Waals surface area contributed by atoms with Gasteiger partial charge in [-0.05, 0) is 34.5 Å². The maximum Gasteiger partial charge on any atom is 0.251 e. The number of hydrogen-bond donors (Lipinski definition) is 1. The first-order chi connectivity index (χ1) is 9.33. The van der Waals surface area contributed by atoms with Crippen LogP contribution in [0.2, 0.25) is 0 Å². The average Bonchev–Trinajstić information content (AvgIpc) is 2.93. The second-order valence-electron chi connectivity index (χ2n) is 4.44. The highest BCUT2D eigenvalue weighted by Crippen LogP contribution is 2.21. The molecule has 0 aliphatic carbocycles. The summed E-state index contributed by atoms with van der Waals surface area (Å²) in [6.07, 6.45) is -0.473. The Bertz CT molecular complexity index is 575. The van der Waals surface area contributed by atoms with Gasteiger partial charge in [0.2, 0.25) is 0 Å². The van der Waals surface area contributed by atoms with Crippen LogP contribution in [0.3, 0.4) is 0 Å². The van der Waals surface area contributed by atoms with Crippen molar-refractivity contribution in [2.45, 2.75) is 12.6 Å². The molecular formula is C14H15NO3S. The standard InChI is InChI=1S/C14H15NO3S/c16-14(12-9-17-4-5-18-12)15-8-10-1-2-13-11(7-10)3-6-19-13/h1-3,6-7,12H,4-5,8-9H2,(H,15,16). The van der Waals surface area contributed by atoms with Gasteiger partial charge in [0.25, 0.3) is 5.91 Å². The van der Waals surface area contributed by atoms with E-state index in [1.165, 1.54) is 10.1 Å². The summed E-state index contributed by atoms with van der Waals surface area (Å²) in [6, 6.07) is 8.31. The zero-order chi connectivity index (χ0) is 13.1. The Balaban J connectivity index is 1.60. The van der Waals surface area contributed by atoms with Crippen LogP contribution in [0.1, 0.15) is 5.56 Å². The molecule has 19 heavy (non-hydrogen) atoms. The van der Waals surface area contributed by atoms with Crippen molar-refractivity contribution in [3.8, 4) is 0 Å². The van der Waals surface area contributed by atoms with Crippen molar-refractivity contribution in [2.24, 2.45) is 0 Å². The zero-order valence-electron chi connectivity index (χ0n) is 10.4. The molecule has 1 saturated heterocycles. The van der Waals surface area contributed by atoms with E-state index in [0.29, 0.717) is 26.4 Å². The lowest BCUT2D eigenvalue weighted by Gasteiger charge is -2.22. The molecule has 1 N–H and O–H groups in total. The Morgan fingerprint density at radius 3 is 3.16 bits per heavy atom. The van der Waals surface area contributed by atoms with Gasteiger partial charge in [-0.25, -0.2) is 0 Å². The maximum atomic E-state index is 11.9. The van der Waals surface area contributed by atoms with E-state index in [1.807, 2.05) is 6.07 Å². The first-order valence-electron chi connectivity index (χ1n) is 6.26. The van der Waals surface area contributed by atoms with Gasteiger partial charge in [0, 0.05) is 11.2 Å². The van der Waals surface area contributed by atoms with Crippen molar-refractivity contribution in [3.63, 3.8) is 0 Å². The molecule has 3 rings (SSSR count). The lowest BCUT2D eigenvalue weighted by atomic mass is 10.1. The van der Waals surface area contributed by atoms with E-state index < -0.39 is 6.10 Å². The number of carbonyl (C=O) groups excluding carboxylic acids is 1. The van der Waals surface area contributed by atoms with E-state index in [1.54, 1.807) is 11.3 Å². The van der Waals surface area contributed by atoms with Crippen molar-refractivity contribution >= 4 is 27.3 Å². The van der Waals surface area contributed by atoms with E-state index in [2.05, 4.69) is 28.9 Å². The van der Waals surface area contributed by atoms with Gasteiger partial charge < -0.3 is 14.8 Å². The van der Waals surface area contributed by atoms with Crippen LogP contribution >= 0.6 is 11.3 Å². The molecule has 1 amide bonds. The van der Waals surface area contributed by atoms with E-state index in [-0.39, 0.29) is 5.91 Å². The summed E-state index contributed by atoms with van der Waals surface area (Å²) < 4.78 is 11.8. The topological polar surface area (TPSA) is 47.6 Å². The molecule has 1 fully saturated rings. The summed E-state index contributed by atoms with van der Waals surface area (Å²) in [5, 5.41) is 6.17. The normalized spacial score (nSPS) is 19.5. The number of rotatable bonds is 3. The van der Waals surface area contributed by atoms with E-state index in [4.69, 9.17) is 9.47 Å². The molecule has 0 bridgehead atoms. The Hall–Kier alpha value is -1.43. The highest BCUT2D eigenvalue weighted by atomic mass is 32.1. The minimum atomic E-state index is -0.473. The Kier molecular flexibility index (Phi) is 3.77. The molecule has 1 aliphatic heterocycles. The summed E-state index contributed by atoms with van der Waals surface area (Å²) in [6.45, 7) is 1.91. The maximum absolute atomic E-state index is 11.9. The van der Waals surface area contributed by atoms with Crippen molar-refractivity contribution < 1.29 is 14.3 Å². The molecule has 1 unspecified atom stereocenters. The highest BCUT2D eigenvalue weighted by molar-refractivity contribution is 7.17. The largest absolute Gasteiger partial charge is 0.376 e. The molecule has 0 saturated carbocycles. The van der Waals surface area contributed by atoms with E-state index in [9.17, 15) is 4.79 Å². The van der Waals surface area contributed by atoms with Gasteiger partial charge >= 0.3 is 0 Å². The Labute approximate surface area is 115 Å². The van der Waals surface area contributed by atoms with Crippen molar-refractivity contribution in [3.05, 3.63) is 35.2 Å². The van der Waals surface area contributed by atoms with Gasteiger partial charge in [-0.1, -0.05) is 6.07 Å². The summed E-state index contributed by atoms with van der Waals surface area (Å²) in [5.74, 6) is -0.106. The lowest BCUT2D eigenvalue weighted by Crippen LogP contribution is -2.42. The molecule has 1 aliphatic rings. The lowest BCUT2D eigenvalue weighted by molar-refractivity contribution is -0.147. The first-order valence-corrected chi connectivity index (χ1v) is 7.14. The van der Waals surface area contributed by atoms with Crippen molar-refractivity contribution in [1.29, 1.82) is 0 Å². The van der Waals surface area contributed by atoms with Crippen LogP contribution in [0.25, 0.3) is 10.1 Å². The Morgan fingerprint density at radius 1 is 1.37 bits per heavy atom. The fourth-order valence-corrected chi connectivity index (χ4v) is 2.84. The van der Waals surface area contributed by atoms with Gasteiger partial charge in [0.15, 0.2) is 6.10 Å². The molecule has 2 aromatic rings. The molecule has 1 atom stereocenters. The van der Waals surface area contributed by atoms with Crippen LogP contribution in [-0.2, 0) is 20.8 Å². The fraction of sp³-hybridized carbons (Fsp3) is 0.357. The summed E-state index contributed by atoms with van der Waals surface area (Å²) >= 11 is 1.72. The summed E-state index contributed by atoms with van der Waals surface area (Å²) in [7, 11) is 0. The van der Waals surface area contributed by atoms with Crippen LogP contribution in [0, 0.1) is 0 Å². The molecule has 2 heterocycles. The van der Waals surface area contributed by atoms with E-state index in [0.717, 1.165) is 5.56 Å². The number of thiophene rings is 1. The third-order valence-electron chi connectivity index (χ3n) is 3.09. The monoisotopic (exact) mass is 277 g/mol. The first kappa shape index (κ1) is 12.6. The molecule has 1 aromatic carbocycles. The highest BCUT2D eigenvalue weighted by Gasteiger charge is 2.22. The number of benzene rings is 1. The predicted octanol–water partition coefficient (Wildman–Crippen LogP) is 1.93. The number of carbonyl (C=O) groups is 1. The van der Waals surface area contributed by atoms with Gasteiger partial charge in [-0.3, -0.25) is 4.79 Å². The molecule has 100 valence electrons. The number of nitrogens with one attached hydrogen (secondary N) is 1. The molecule has 0 spiro atoms. The SMILES string of the molecule is O=C(NCc1ccc2sccc2c1)C1COCCO1. The summed E-state index contributed by atoms with van der Waals surface area (Å²) in [5.41, 5.74) is 1.09. The second-order valence-corrected chi connectivity index (χ2v) is 5.39. The van der Waals surface area contributed by atoms with Gasteiger partial charge in [0.1, 0.15) is 0 Å². The molecule has 4 nitrogen and oxygen atoms in total. The van der Waals surface area contributed by atoms with Gasteiger partial charge in [-0.2, -0.15) is 0 Å². The molecular weight excluding hydrogens is 262 g/mol. The number of amides is 1. The smallest absolute Gasteiger partial charge is 0.251 e. The van der Waals surface area contributed by atoms with Crippen molar-refractivity contribution in [1.82, 2.24) is 5.32 Å². The Morgan fingerprint density at radius 2 is 2.32 bits per heavy atom. The van der Waals surface area contributed by atoms with Crippen LogP contribution in [0.5, 0.6) is 0 Å². The van der Waals surface area contributed by atoms with Crippen molar-refractivity contribution in [2.75, 3.05) is 19.8 Å². The third kappa shape index (κ3) is 2.94. The third-order valence-corrected chi connectivity index (χ3v) is 3.99. The number of ether oxygens (including phenoxy) is 2. The second kappa shape index (κ2) is 5.69. The van der Waals surface area contributed by atoms with Gasteiger partial charge in [0.05, 0.1) is 19.8 Å². The quantitative estimate of drug-likeness (QED) is 0.932.